The minimum absolute atomic E-state index is 0.0487. The summed E-state index contributed by atoms with van der Waals surface area (Å²) in [5.41, 5.74) is -2.46. The van der Waals surface area contributed by atoms with Crippen LogP contribution in [0.3, 0.4) is 0 Å². The summed E-state index contributed by atoms with van der Waals surface area (Å²) in [6, 6.07) is 5.50. The van der Waals surface area contributed by atoms with Crippen molar-refractivity contribution < 1.29 is 32.2 Å². The van der Waals surface area contributed by atoms with Crippen LogP contribution < -0.4 is 15.2 Å². The van der Waals surface area contributed by atoms with Crippen LogP contribution in [0.25, 0.3) is 0 Å². The number of methoxy groups -OCH3 is 1. The minimum atomic E-state index is -4.94. The zero-order valence-electron chi connectivity index (χ0n) is 20.3. The van der Waals surface area contributed by atoms with Gasteiger partial charge in [-0.2, -0.15) is 23.5 Å². The second-order valence-electron chi connectivity index (χ2n) is 8.33. The first-order valence-electron chi connectivity index (χ1n) is 11.4. The molecule has 1 saturated heterocycles. The fourth-order valence-corrected chi connectivity index (χ4v) is 3.83. The molecule has 0 unspecified atom stereocenters. The third-order valence-electron chi connectivity index (χ3n) is 5.62. The van der Waals surface area contributed by atoms with Gasteiger partial charge in [-0.15, -0.1) is 0 Å². The average molecular weight is 525 g/mol. The van der Waals surface area contributed by atoms with Crippen molar-refractivity contribution in [2.45, 2.75) is 31.7 Å². The highest BCUT2D eigenvalue weighted by molar-refractivity contribution is 5.77. The van der Waals surface area contributed by atoms with Crippen molar-refractivity contribution in [1.29, 1.82) is 5.26 Å². The van der Waals surface area contributed by atoms with Gasteiger partial charge >= 0.3 is 6.18 Å². The van der Waals surface area contributed by atoms with Crippen LogP contribution in [0.15, 0.2) is 29.3 Å². The lowest BCUT2D eigenvalue weighted by Crippen LogP contribution is -2.49. The third-order valence-corrected chi connectivity index (χ3v) is 5.62. The number of rotatable bonds is 10. The number of piperazine rings is 1. The number of pyridine rings is 1. The summed E-state index contributed by atoms with van der Waals surface area (Å²) in [6.07, 6.45) is -4.06. The van der Waals surface area contributed by atoms with Crippen LogP contribution in [0.2, 0.25) is 0 Å². The van der Waals surface area contributed by atoms with Crippen molar-refractivity contribution in [3.8, 4) is 11.8 Å². The quantitative estimate of drug-likeness (QED) is 0.492. The molecule has 0 saturated carbocycles. The van der Waals surface area contributed by atoms with E-state index in [1.807, 2.05) is 4.90 Å². The zero-order chi connectivity index (χ0) is 27.0. The van der Waals surface area contributed by atoms with Gasteiger partial charge in [0.15, 0.2) is 11.3 Å². The molecule has 0 bridgehead atoms. The molecule has 2 atom stereocenters. The van der Waals surface area contributed by atoms with Gasteiger partial charge in [-0.3, -0.25) is 9.59 Å². The van der Waals surface area contributed by atoms with E-state index in [4.69, 9.17) is 14.2 Å². The highest BCUT2D eigenvalue weighted by atomic mass is 19.4. The Morgan fingerprint density at radius 3 is 2.65 bits per heavy atom. The summed E-state index contributed by atoms with van der Waals surface area (Å²) < 4.78 is 55.9. The number of halogens is 3. The maximum atomic E-state index is 13.3. The van der Waals surface area contributed by atoms with Gasteiger partial charge in [0, 0.05) is 39.5 Å². The molecule has 0 aliphatic carbocycles. The lowest BCUT2D eigenvalue weighted by Gasteiger charge is -2.36. The predicted molar refractivity (Wildman–Crippen MR) is 124 cm³/mol. The summed E-state index contributed by atoms with van der Waals surface area (Å²) in [4.78, 5) is 32.3. The number of amides is 1. The number of hydrogen-bond donors (Lipinski definition) is 1. The molecule has 200 valence electrons. The average Bonchev–Trinajstić information content (AvgIpc) is 2.86. The van der Waals surface area contributed by atoms with Gasteiger partial charge < -0.3 is 24.0 Å². The Morgan fingerprint density at radius 2 is 2.00 bits per heavy atom. The van der Waals surface area contributed by atoms with E-state index in [1.54, 1.807) is 35.3 Å². The molecule has 11 nitrogen and oxygen atoms in total. The first-order chi connectivity index (χ1) is 17.6. The smallest absolute Gasteiger partial charge is 0.425 e. The predicted octanol–water partition coefficient (Wildman–Crippen LogP) is 1.59. The summed E-state index contributed by atoms with van der Waals surface area (Å²) in [5, 5.41) is 14.4. The summed E-state index contributed by atoms with van der Waals surface area (Å²) in [7, 11) is 1.34. The number of carbonyl (C=O) groups is 1. The maximum Gasteiger partial charge on any atom is 0.425 e. The molecule has 14 heteroatoms. The SMILES string of the molecule is COC[C@@H](CO[C@H](C)CC(=O)N1CCN(c2ncccc2C#N)CC1)Oc1cn[nH]c(=O)c1C(F)(F)F. The highest BCUT2D eigenvalue weighted by Gasteiger charge is 2.39. The van der Waals surface area contributed by atoms with Gasteiger partial charge in [0.1, 0.15) is 18.0 Å². The number of ether oxygens (including phenoxy) is 3. The van der Waals surface area contributed by atoms with Crippen molar-refractivity contribution in [1.82, 2.24) is 20.1 Å². The van der Waals surface area contributed by atoms with Crippen LogP contribution in [0.4, 0.5) is 19.0 Å². The third kappa shape index (κ3) is 7.40. The molecule has 2 aromatic heterocycles. The Bertz CT molecular complexity index is 1160. The van der Waals surface area contributed by atoms with Crippen molar-refractivity contribution in [3.63, 3.8) is 0 Å². The Balaban J connectivity index is 1.52. The van der Waals surface area contributed by atoms with Gasteiger partial charge in [0.05, 0.1) is 37.5 Å². The minimum Gasteiger partial charge on any atom is -0.483 e. The number of nitrogens with zero attached hydrogens (tertiary/aromatic N) is 5. The molecule has 0 spiro atoms. The van der Waals surface area contributed by atoms with E-state index in [-0.39, 0.29) is 25.5 Å². The first-order valence-corrected chi connectivity index (χ1v) is 11.4. The molecule has 3 rings (SSSR count). The van der Waals surface area contributed by atoms with Crippen LogP contribution in [0.1, 0.15) is 24.5 Å². The number of anilines is 1. The normalized spacial score (nSPS) is 15.7. The van der Waals surface area contributed by atoms with Crippen molar-refractivity contribution in [2.75, 3.05) is 51.4 Å². The molecular weight excluding hydrogens is 497 g/mol. The van der Waals surface area contributed by atoms with Crippen LogP contribution in [-0.2, 0) is 20.4 Å². The number of carbonyl (C=O) groups excluding carboxylic acids is 1. The second-order valence-corrected chi connectivity index (χ2v) is 8.33. The largest absolute Gasteiger partial charge is 0.483 e. The van der Waals surface area contributed by atoms with Crippen molar-refractivity contribution in [2.24, 2.45) is 0 Å². The summed E-state index contributed by atoms with van der Waals surface area (Å²) in [6.45, 7) is 3.28. The molecular formula is C23H27F3N6O5. The number of alkyl halides is 3. The molecule has 1 aliphatic rings. The zero-order valence-corrected chi connectivity index (χ0v) is 20.3. The van der Waals surface area contributed by atoms with E-state index in [1.165, 1.54) is 7.11 Å². The number of aromatic amines is 1. The molecule has 0 radical (unpaired) electrons. The van der Waals surface area contributed by atoms with Crippen LogP contribution in [-0.4, -0.2) is 84.7 Å². The van der Waals surface area contributed by atoms with E-state index in [0.29, 0.717) is 37.6 Å². The molecule has 1 amide bonds. The molecule has 1 N–H and O–H groups in total. The highest BCUT2D eigenvalue weighted by Crippen LogP contribution is 2.33. The fraction of sp³-hybridized carbons (Fsp3) is 0.522. The van der Waals surface area contributed by atoms with E-state index in [9.17, 15) is 28.0 Å². The molecule has 3 heterocycles. The topological polar surface area (TPSA) is 134 Å². The first kappa shape index (κ1) is 27.9. The molecule has 1 aliphatic heterocycles. The second kappa shape index (κ2) is 12.5. The Morgan fingerprint density at radius 1 is 1.27 bits per heavy atom. The molecule has 1 fully saturated rings. The summed E-state index contributed by atoms with van der Waals surface area (Å²) in [5.74, 6) is -0.297. The fourth-order valence-electron chi connectivity index (χ4n) is 3.83. The number of nitrogens with one attached hydrogen (secondary N) is 1. The van der Waals surface area contributed by atoms with Gasteiger partial charge in [0.25, 0.3) is 5.56 Å². The monoisotopic (exact) mass is 524 g/mol. The lowest BCUT2D eigenvalue weighted by molar-refractivity contribution is -0.142. The Labute approximate surface area is 210 Å². The van der Waals surface area contributed by atoms with Gasteiger partial charge in [0.2, 0.25) is 5.91 Å². The van der Waals surface area contributed by atoms with Gasteiger partial charge in [-0.05, 0) is 19.1 Å². The van der Waals surface area contributed by atoms with E-state index in [2.05, 4.69) is 16.2 Å². The van der Waals surface area contributed by atoms with Crippen LogP contribution in [0, 0.1) is 11.3 Å². The standard InChI is InChI=1S/C23H27F3N6O5/c1-15(10-19(33)31-6-8-32(9-7-31)21-16(11-27)4-3-5-28-21)36-14-17(13-35-2)37-18-12-29-30-22(34)20(18)23(24,25)26/h3-5,12,15,17H,6-10,13-14H2,1-2H3,(H,30,34)/t15-,17+/m1/s1. The molecule has 0 aromatic carbocycles. The number of hydrogen-bond acceptors (Lipinski definition) is 9. The van der Waals surface area contributed by atoms with Crippen LogP contribution >= 0.6 is 0 Å². The lowest BCUT2D eigenvalue weighted by atomic mass is 10.2. The van der Waals surface area contributed by atoms with E-state index >= 15 is 0 Å². The Hall–Kier alpha value is -3.70. The van der Waals surface area contributed by atoms with Crippen molar-refractivity contribution >= 4 is 11.7 Å². The van der Waals surface area contributed by atoms with Gasteiger partial charge in [-0.25, -0.2) is 10.1 Å². The van der Waals surface area contributed by atoms with Crippen LogP contribution in [0.5, 0.6) is 5.75 Å². The van der Waals surface area contributed by atoms with E-state index < -0.39 is 35.3 Å². The summed E-state index contributed by atoms with van der Waals surface area (Å²) >= 11 is 0. The number of H-pyrrole nitrogens is 1. The molecule has 37 heavy (non-hydrogen) atoms. The number of nitriles is 1. The van der Waals surface area contributed by atoms with Crippen molar-refractivity contribution in [3.05, 3.63) is 46.0 Å². The molecule has 2 aromatic rings. The van der Waals surface area contributed by atoms with Gasteiger partial charge in [-0.1, -0.05) is 0 Å². The van der Waals surface area contributed by atoms with E-state index in [0.717, 1.165) is 6.20 Å². The number of aromatic nitrogens is 3. The maximum absolute atomic E-state index is 13.3. The Kier molecular flexibility index (Phi) is 9.42.